The van der Waals surface area contributed by atoms with Gasteiger partial charge in [0.15, 0.2) is 0 Å². The number of nitrogens with one attached hydrogen (secondary N) is 1. The molecule has 1 fully saturated rings. The minimum atomic E-state index is -0.245. The van der Waals surface area contributed by atoms with Crippen LogP contribution in [0.1, 0.15) is 32.8 Å². The van der Waals surface area contributed by atoms with Crippen molar-refractivity contribution >= 4 is 17.3 Å². The van der Waals surface area contributed by atoms with Crippen LogP contribution in [0.15, 0.2) is 18.2 Å². The first-order valence-electron chi connectivity index (χ1n) is 7.89. The molecule has 0 aliphatic carbocycles. The number of piperidine rings is 1. The number of β-amino-alcohol motifs (C(OH)–C–C–N with tert-alkyl or cyclic N) is 1. The van der Waals surface area contributed by atoms with E-state index in [1.807, 2.05) is 12.1 Å². The van der Waals surface area contributed by atoms with Crippen molar-refractivity contribution in [2.75, 3.05) is 24.5 Å². The molecule has 0 amide bonds. The number of rotatable bonds is 5. The lowest BCUT2D eigenvalue weighted by Gasteiger charge is -2.37. The predicted octanol–water partition coefficient (Wildman–Crippen LogP) is 3.29. The molecule has 2 atom stereocenters. The minimum Gasteiger partial charge on any atom is -0.391 e. The topological polar surface area (TPSA) is 35.5 Å². The number of nitrogens with zero attached hydrogens (tertiary/aromatic N) is 1. The Balaban J connectivity index is 2.11. The van der Waals surface area contributed by atoms with Crippen LogP contribution in [0.5, 0.6) is 0 Å². The molecule has 0 radical (unpaired) electrons. The highest BCUT2D eigenvalue weighted by atomic mass is 35.5. The number of benzene rings is 1. The first-order valence-corrected chi connectivity index (χ1v) is 8.27. The number of hydrogen-bond acceptors (Lipinski definition) is 3. The van der Waals surface area contributed by atoms with E-state index in [0.29, 0.717) is 18.4 Å². The summed E-state index contributed by atoms with van der Waals surface area (Å²) in [6.45, 7) is 10.0. The minimum absolute atomic E-state index is 0.245. The molecule has 0 bridgehead atoms. The molecular weight excluding hydrogens is 284 g/mol. The van der Waals surface area contributed by atoms with Crippen molar-refractivity contribution in [1.29, 1.82) is 0 Å². The van der Waals surface area contributed by atoms with Gasteiger partial charge in [-0.15, -0.1) is 0 Å². The van der Waals surface area contributed by atoms with Gasteiger partial charge in [-0.2, -0.15) is 0 Å². The zero-order valence-electron chi connectivity index (χ0n) is 13.3. The number of halogens is 1. The van der Waals surface area contributed by atoms with Crippen molar-refractivity contribution in [3.63, 3.8) is 0 Å². The molecule has 1 aliphatic rings. The average Bonchev–Trinajstić information content (AvgIpc) is 2.42. The van der Waals surface area contributed by atoms with Crippen LogP contribution in [0.2, 0.25) is 5.02 Å². The fourth-order valence-electron chi connectivity index (χ4n) is 2.77. The molecule has 0 saturated carbocycles. The summed E-state index contributed by atoms with van der Waals surface area (Å²) < 4.78 is 0. The van der Waals surface area contributed by atoms with E-state index in [1.54, 1.807) is 0 Å². The Bertz CT molecular complexity index is 464. The van der Waals surface area contributed by atoms with Gasteiger partial charge < -0.3 is 15.3 Å². The molecule has 118 valence electrons. The highest BCUT2D eigenvalue weighted by Crippen LogP contribution is 2.28. The van der Waals surface area contributed by atoms with Crippen LogP contribution < -0.4 is 10.2 Å². The molecule has 1 aromatic carbocycles. The van der Waals surface area contributed by atoms with E-state index in [4.69, 9.17) is 11.6 Å². The van der Waals surface area contributed by atoms with Crippen LogP contribution in [0, 0.1) is 11.8 Å². The van der Waals surface area contributed by atoms with E-state index in [0.717, 1.165) is 31.1 Å². The largest absolute Gasteiger partial charge is 0.391 e. The van der Waals surface area contributed by atoms with Gasteiger partial charge in [0.2, 0.25) is 0 Å². The number of hydrogen-bond donors (Lipinski definition) is 2. The van der Waals surface area contributed by atoms with Crippen LogP contribution in [0.4, 0.5) is 5.69 Å². The third kappa shape index (κ3) is 4.60. The molecule has 3 nitrogen and oxygen atoms in total. The van der Waals surface area contributed by atoms with Gasteiger partial charge in [-0.1, -0.05) is 32.4 Å². The monoisotopic (exact) mass is 310 g/mol. The summed E-state index contributed by atoms with van der Waals surface area (Å²) in [7, 11) is 0. The molecular formula is C17H27ClN2O. The predicted molar refractivity (Wildman–Crippen MR) is 90.0 cm³/mol. The van der Waals surface area contributed by atoms with Crippen LogP contribution in [-0.4, -0.2) is 30.8 Å². The maximum absolute atomic E-state index is 10.1. The van der Waals surface area contributed by atoms with Gasteiger partial charge in [0.1, 0.15) is 0 Å². The van der Waals surface area contributed by atoms with Crippen molar-refractivity contribution in [1.82, 2.24) is 5.32 Å². The van der Waals surface area contributed by atoms with E-state index >= 15 is 0 Å². The average molecular weight is 311 g/mol. The number of aliphatic hydroxyl groups is 1. The zero-order valence-corrected chi connectivity index (χ0v) is 14.0. The molecule has 0 aromatic heterocycles. The molecule has 2 rings (SSSR count). The van der Waals surface area contributed by atoms with E-state index in [2.05, 4.69) is 37.1 Å². The van der Waals surface area contributed by atoms with Crippen LogP contribution in [-0.2, 0) is 6.54 Å². The Kier molecular flexibility index (Phi) is 5.91. The van der Waals surface area contributed by atoms with Crippen molar-refractivity contribution in [3.8, 4) is 0 Å². The van der Waals surface area contributed by atoms with Crippen LogP contribution >= 0.6 is 11.6 Å². The third-order valence-corrected chi connectivity index (χ3v) is 4.40. The Morgan fingerprint density at radius 3 is 2.86 bits per heavy atom. The fraction of sp³-hybridized carbons (Fsp3) is 0.647. The van der Waals surface area contributed by atoms with Gasteiger partial charge in [0, 0.05) is 30.3 Å². The van der Waals surface area contributed by atoms with E-state index in [9.17, 15) is 5.11 Å². The molecule has 1 aliphatic heterocycles. The van der Waals surface area contributed by atoms with Crippen LogP contribution in [0.3, 0.4) is 0 Å². The van der Waals surface area contributed by atoms with E-state index in [1.165, 1.54) is 11.3 Å². The standard InChI is InChI=1S/C17H27ClN2O/c1-12(2)9-19-10-14-8-15(18)4-5-16(14)20-7-6-13(3)17(21)11-20/h4-5,8,12-13,17,19,21H,6-7,9-11H2,1-3H3. The molecule has 1 aromatic rings. The lowest BCUT2D eigenvalue weighted by molar-refractivity contribution is 0.103. The molecule has 21 heavy (non-hydrogen) atoms. The summed E-state index contributed by atoms with van der Waals surface area (Å²) in [5.41, 5.74) is 2.41. The maximum Gasteiger partial charge on any atom is 0.0741 e. The lowest BCUT2D eigenvalue weighted by Crippen LogP contribution is -2.43. The Morgan fingerprint density at radius 1 is 1.43 bits per heavy atom. The quantitative estimate of drug-likeness (QED) is 0.876. The number of anilines is 1. The molecule has 1 heterocycles. The summed E-state index contributed by atoms with van der Waals surface area (Å²) in [5.74, 6) is 1.02. The summed E-state index contributed by atoms with van der Waals surface area (Å²) in [4.78, 5) is 2.29. The van der Waals surface area contributed by atoms with Crippen molar-refractivity contribution < 1.29 is 5.11 Å². The Hall–Kier alpha value is -0.770. The van der Waals surface area contributed by atoms with Gasteiger partial charge in [0.05, 0.1) is 6.10 Å². The Labute approximate surface area is 133 Å². The second-order valence-electron chi connectivity index (χ2n) is 6.58. The SMILES string of the molecule is CC(C)CNCc1cc(Cl)ccc1N1CCC(C)C(O)C1. The summed E-state index contributed by atoms with van der Waals surface area (Å²) in [5, 5.41) is 14.4. The number of aliphatic hydroxyl groups excluding tert-OH is 1. The normalized spacial score (nSPS) is 22.9. The highest BCUT2D eigenvalue weighted by molar-refractivity contribution is 6.30. The molecule has 2 N–H and O–H groups in total. The summed E-state index contributed by atoms with van der Waals surface area (Å²) >= 11 is 6.15. The highest BCUT2D eigenvalue weighted by Gasteiger charge is 2.25. The first kappa shape index (κ1) is 16.6. The van der Waals surface area contributed by atoms with Gasteiger partial charge in [0.25, 0.3) is 0 Å². The summed E-state index contributed by atoms with van der Waals surface area (Å²) in [6, 6.07) is 6.05. The molecule has 0 spiro atoms. The van der Waals surface area contributed by atoms with E-state index < -0.39 is 0 Å². The van der Waals surface area contributed by atoms with Gasteiger partial charge in [-0.25, -0.2) is 0 Å². The smallest absolute Gasteiger partial charge is 0.0741 e. The second kappa shape index (κ2) is 7.48. The van der Waals surface area contributed by atoms with E-state index in [-0.39, 0.29) is 6.10 Å². The first-order chi connectivity index (χ1) is 9.97. The molecule has 2 unspecified atom stereocenters. The van der Waals surface area contributed by atoms with Crippen molar-refractivity contribution in [3.05, 3.63) is 28.8 Å². The molecule has 4 heteroatoms. The maximum atomic E-state index is 10.1. The van der Waals surface area contributed by atoms with Crippen molar-refractivity contribution in [2.24, 2.45) is 11.8 Å². The molecule has 1 saturated heterocycles. The fourth-order valence-corrected chi connectivity index (χ4v) is 2.96. The van der Waals surface area contributed by atoms with Crippen LogP contribution in [0.25, 0.3) is 0 Å². The Morgan fingerprint density at radius 2 is 2.19 bits per heavy atom. The second-order valence-corrected chi connectivity index (χ2v) is 7.01. The van der Waals surface area contributed by atoms with Gasteiger partial charge in [-0.05, 0) is 48.6 Å². The zero-order chi connectivity index (χ0) is 15.4. The summed E-state index contributed by atoms with van der Waals surface area (Å²) in [6.07, 6.45) is 0.786. The van der Waals surface area contributed by atoms with Gasteiger partial charge in [-0.3, -0.25) is 0 Å². The van der Waals surface area contributed by atoms with Crippen molar-refractivity contribution in [2.45, 2.75) is 39.8 Å². The third-order valence-electron chi connectivity index (χ3n) is 4.17. The lowest BCUT2D eigenvalue weighted by atomic mass is 9.95. The van der Waals surface area contributed by atoms with Gasteiger partial charge >= 0.3 is 0 Å².